The highest BCUT2D eigenvalue weighted by Crippen LogP contribution is 2.36. The minimum Gasteiger partial charge on any atom is -0.441 e. The average molecular weight is 1550 g/mol. The van der Waals surface area contributed by atoms with Gasteiger partial charge in [-0.1, -0.05) is 0 Å². The van der Waals surface area contributed by atoms with E-state index in [2.05, 4.69) is 61.8 Å². The van der Waals surface area contributed by atoms with Crippen molar-refractivity contribution in [2.45, 2.75) is 206 Å². The van der Waals surface area contributed by atoms with Crippen molar-refractivity contribution in [1.82, 2.24) is 61.8 Å². The fourth-order valence-electron chi connectivity index (χ4n) is 10.9. The number of anilines is 1. The Morgan fingerprint density at radius 2 is 1.42 bits per heavy atom. The summed E-state index contributed by atoms with van der Waals surface area (Å²) in [5.41, 5.74) is 39.0. The summed E-state index contributed by atoms with van der Waals surface area (Å²) >= 11 is 1.89. The second kappa shape index (κ2) is 38.7. The number of aromatic nitrogens is 6. The van der Waals surface area contributed by atoms with E-state index in [1.165, 1.54) is 24.6 Å². The number of nitrogens with zero attached hydrogens (tertiary/aromatic N) is 5. The number of nitrogens with two attached hydrogens (primary N) is 7. The predicted molar refractivity (Wildman–Crippen MR) is 359 cm³/mol. The van der Waals surface area contributed by atoms with Crippen molar-refractivity contribution in [2.75, 3.05) is 38.6 Å². The van der Waals surface area contributed by atoms with E-state index in [9.17, 15) is 89.7 Å². The molecule has 25 atom stereocenters. The summed E-state index contributed by atoms with van der Waals surface area (Å²) in [7, 11) is 0. The summed E-state index contributed by atoms with van der Waals surface area (Å²) in [5, 5.41) is 140. The standard InChI is InChI=1S/C59H91N19O26S2/c1-18-33(75-48(77-46(18)64)23(9-30(62)83)69-11-22(61)47(65)92)50(94)76-35(43(24-12-67-17-70-24)101-58-45(39(88)36(85)28(13-79)100-58)102-57-41(90)44(103-59(66)97)37(86)29(14-80)99-57)52(96)71-19(2)27(82)10-31(84)74-34(20(3)81)51(95)78-53(104-56-40(89)38(87)32(63)21(4)98-56)42(91)55-73-26(16-106-55)54-72-25(15-105-54)49(93)68-8-6-5-7-60/h12,15-17,19-23,27-29,32,34-45,53,56-58,69,79-82,85-91H,5-11,13-14,60-61,63H2,1-4H3,(H2,62,83)(H2,65,92)(H2,66,97)(H,67,70)(H,68,93)(H,71,96)(H,74,84)(H,76,94)(H,78,95)(H2,64,75,77)/t19?,20?,21-,22?,23?,27?,28-,29+,32+,34?,35?,36+,37+,38+,39-,40+,41-,42?,43?,44-,45-,53?,56-,57+,58-/m0/s1. The molecule has 3 saturated heterocycles. The molecule has 4 aromatic heterocycles. The minimum absolute atomic E-state index is 0.0700. The maximum atomic E-state index is 15.3. The Labute approximate surface area is 609 Å². The van der Waals surface area contributed by atoms with Crippen LogP contribution >= 0.6 is 22.7 Å². The monoisotopic (exact) mass is 1550 g/mol. The predicted octanol–water partition coefficient (Wildman–Crippen LogP) is -10.9. The van der Waals surface area contributed by atoms with E-state index in [1.54, 1.807) is 0 Å². The molecule has 0 aromatic carbocycles. The molecule has 4 aromatic rings. The topological polar surface area (TPSA) is 758 Å². The molecule has 0 spiro atoms. The average Bonchev–Trinajstić information content (AvgIpc) is 0.878. The molecule has 0 bridgehead atoms. The SMILES string of the molecule is Cc1c(N)nc(C(CC(N)=O)NCC(N)C(N)=O)nc1C(=O)NC(C(=O)NC(C)C(O)CC(=O)NC(C(=O)NC(O[C@@H]1O[C@@H](C)[C@@H](N)[C@@H](O)[C@H]1O)C(O)c1nc(-c2nc(C(=O)NCCCCN)cs2)cs1)C(C)O)C(O[C@@H]1O[C@@H](CO)[C@@H](O)[C@H](O)[C@@H]1O[C@H]1O[C@H](CO)[C@@H](O)[C@H](OC(N)=O)[C@@H]1O)c1cnc[nH]1. The lowest BCUT2D eigenvalue weighted by Gasteiger charge is -2.47. The Kier molecular flexibility index (Phi) is 31.2. The molecule has 0 aliphatic carbocycles. The first kappa shape index (κ1) is 85.3. The Bertz CT molecular complexity index is 3610. The van der Waals surface area contributed by atoms with Gasteiger partial charge in [-0.3, -0.25) is 33.6 Å². The number of hydrogen-bond acceptors (Lipinski definition) is 38. The summed E-state index contributed by atoms with van der Waals surface area (Å²) in [6, 6.07) is -9.65. The van der Waals surface area contributed by atoms with Crippen LogP contribution in [0.1, 0.15) is 108 Å². The number of H-pyrrole nitrogens is 1. The summed E-state index contributed by atoms with van der Waals surface area (Å²) in [6.45, 7) is 3.25. The summed E-state index contributed by atoms with van der Waals surface area (Å²) < 4.78 is 40.3. The molecular formula is C59H91N19O26S2. The number of aromatic amines is 1. The molecule has 7 rings (SSSR count). The van der Waals surface area contributed by atoms with E-state index in [0.29, 0.717) is 25.9 Å². The number of carbonyl (C=O) groups is 8. The molecule has 0 saturated carbocycles. The molecule has 47 heteroatoms. The molecule has 590 valence electrons. The van der Waals surface area contributed by atoms with E-state index in [4.69, 9.17) is 73.3 Å². The highest BCUT2D eigenvalue weighted by molar-refractivity contribution is 7.14. The highest BCUT2D eigenvalue weighted by Gasteiger charge is 2.54. The molecule has 10 unspecified atom stereocenters. The molecule has 106 heavy (non-hydrogen) atoms. The summed E-state index contributed by atoms with van der Waals surface area (Å²) in [5.74, 6) is -8.30. The van der Waals surface area contributed by atoms with Crippen LogP contribution in [0, 0.1) is 6.92 Å². The molecule has 3 aliphatic rings. The molecule has 3 fully saturated rings. The second-order valence-electron chi connectivity index (χ2n) is 25.0. The van der Waals surface area contributed by atoms with Crippen LogP contribution in [-0.2, 0) is 57.1 Å². The number of unbranched alkanes of at least 4 members (excludes halogenated alkanes) is 1. The Morgan fingerprint density at radius 3 is 2.05 bits per heavy atom. The van der Waals surface area contributed by atoms with E-state index in [0.717, 1.165) is 49.0 Å². The van der Waals surface area contributed by atoms with Gasteiger partial charge in [0.15, 0.2) is 37.3 Å². The van der Waals surface area contributed by atoms with Crippen LogP contribution in [0.25, 0.3) is 10.7 Å². The summed E-state index contributed by atoms with van der Waals surface area (Å²) in [4.78, 5) is 132. The number of imidazole rings is 1. The third-order valence-electron chi connectivity index (χ3n) is 17.1. The number of nitrogen functional groups attached to an aromatic ring is 1. The highest BCUT2D eigenvalue weighted by atomic mass is 32.1. The van der Waals surface area contributed by atoms with Gasteiger partial charge >= 0.3 is 6.09 Å². The lowest BCUT2D eigenvalue weighted by Crippen LogP contribution is -2.65. The van der Waals surface area contributed by atoms with Crippen molar-refractivity contribution >= 4 is 75.9 Å². The number of amides is 8. The molecule has 0 radical (unpaired) electrons. The lowest BCUT2D eigenvalue weighted by molar-refractivity contribution is -0.372. The number of thiazole rings is 2. The van der Waals surface area contributed by atoms with Gasteiger partial charge in [0.25, 0.3) is 11.8 Å². The first-order valence-electron chi connectivity index (χ1n) is 32.9. The van der Waals surface area contributed by atoms with Crippen molar-refractivity contribution in [2.24, 2.45) is 34.4 Å². The van der Waals surface area contributed by atoms with Gasteiger partial charge in [0, 0.05) is 35.8 Å². The number of ether oxygens (including phenoxy) is 7. The molecule has 32 N–H and O–H groups in total. The Hall–Kier alpha value is -7.93. The number of primary amides is 3. The molecule has 8 amide bonds. The number of nitrogens with one attached hydrogen (secondary N) is 7. The number of aliphatic hydroxyl groups excluding tert-OH is 11. The van der Waals surface area contributed by atoms with Gasteiger partial charge in [0.1, 0.15) is 112 Å². The fourth-order valence-corrected chi connectivity index (χ4v) is 12.5. The first-order chi connectivity index (χ1) is 50.1. The van der Waals surface area contributed by atoms with Gasteiger partial charge in [0.05, 0.1) is 80.3 Å². The van der Waals surface area contributed by atoms with Crippen LogP contribution in [-0.4, -0.2) is 301 Å². The van der Waals surface area contributed by atoms with Crippen LogP contribution in [0.3, 0.4) is 0 Å². The quantitative estimate of drug-likeness (QED) is 0.0147. The van der Waals surface area contributed by atoms with Crippen molar-refractivity contribution in [3.8, 4) is 10.7 Å². The number of rotatable bonds is 37. The van der Waals surface area contributed by atoms with E-state index >= 15 is 4.79 Å². The van der Waals surface area contributed by atoms with Gasteiger partial charge in [-0.15, -0.1) is 22.7 Å². The molecular weight excluding hydrogens is 1450 g/mol. The zero-order chi connectivity index (χ0) is 78.3. The van der Waals surface area contributed by atoms with Crippen molar-refractivity contribution in [1.29, 1.82) is 0 Å². The first-order valence-corrected chi connectivity index (χ1v) is 34.6. The number of aliphatic hydroxyl groups is 11. The van der Waals surface area contributed by atoms with Crippen LogP contribution < -0.4 is 72.0 Å². The minimum atomic E-state index is -2.26. The summed E-state index contributed by atoms with van der Waals surface area (Å²) in [6.07, 6.45) is -36.4. The number of carbonyl (C=O) groups excluding carboxylic acids is 8. The maximum absolute atomic E-state index is 15.3. The third kappa shape index (κ3) is 21.7. The van der Waals surface area contributed by atoms with Gasteiger partial charge < -0.3 is 166 Å². The number of hydrogen-bond donors (Lipinski definition) is 25. The van der Waals surface area contributed by atoms with Gasteiger partial charge in [-0.2, -0.15) is 0 Å². The van der Waals surface area contributed by atoms with Crippen LogP contribution in [0.2, 0.25) is 0 Å². The van der Waals surface area contributed by atoms with Crippen molar-refractivity contribution in [3.05, 3.63) is 56.8 Å². The Morgan fingerprint density at radius 1 is 0.736 bits per heavy atom. The lowest BCUT2D eigenvalue weighted by atomic mass is 9.97. The largest absolute Gasteiger partial charge is 0.441 e. The third-order valence-corrected chi connectivity index (χ3v) is 18.9. The molecule has 3 aliphatic heterocycles. The molecule has 45 nitrogen and oxygen atoms in total. The molecule has 7 heterocycles. The van der Waals surface area contributed by atoms with E-state index < -0.39 is 250 Å². The Balaban J connectivity index is 1.18. The van der Waals surface area contributed by atoms with E-state index in [-0.39, 0.29) is 32.7 Å². The van der Waals surface area contributed by atoms with Crippen LogP contribution in [0.4, 0.5) is 10.6 Å². The van der Waals surface area contributed by atoms with Gasteiger partial charge in [0.2, 0.25) is 29.5 Å². The van der Waals surface area contributed by atoms with Gasteiger partial charge in [-0.25, -0.2) is 29.7 Å². The normalized spacial score (nSPS) is 27.5. The maximum Gasteiger partial charge on any atom is 0.404 e. The smallest absolute Gasteiger partial charge is 0.404 e. The zero-order valence-corrected chi connectivity index (χ0v) is 58.9. The van der Waals surface area contributed by atoms with E-state index in [1.807, 2.05) is 0 Å². The van der Waals surface area contributed by atoms with Crippen molar-refractivity contribution < 1.29 is 128 Å². The van der Waals surface area contributed by atoms with Crippen LogP contribution in [0.15, 0.2) is 23.3 Å². The van der Waals surface area contributed by atoms with Gasteiger partial charge in [-0.05, 0) is 47.1 Å². The van der Waals surface area contributed by atoms with Crippen LogP contribution in [0.5, 0.6) is 0 Å². The fraction of sp³-hybridized carbons (Fsp3) is 0.644. The zero-order valence-electron chi connectivity index (χ0n) is 57.2. The van der Waals surface area contributed by atoms with Crippen molar-refractivity contribution in [3.63, 3.8) is 0 Å². The second-order valence-corrected chi connectivity index (χ2v) is 26.8.